The monoisotopic (exact) mass is 422 g/mol. The van der Waals surface area contributed by atoms with E-state index in [0.717, 1.165) is 43.1 Å². The Morgan fingerprint density at radius 3 is 2.38 bits per heavy atom. The van der Waals surface area contributed by atoms with Crippen molar-refractivity contribution in [2.75, 3.05) is 52.1 Å². The lowest BCUT2D eigenvalue weighted by atomic mass is 9.95. The third-order valence-corrected chi connectivity index (χ3v) is 7.43. The number of anilines is 1. The first-order valence-electron chi connectivity index (χ1n) is 10.1. The van der Waals surface area contributed by atoms with Gasteiger partial charge in [-0.15, -0.1) is 0 Å². The lowest BCUT2D eigenvalue weighted by Gasteiger charge is -2.32. The maximum absolute atomic E-state index is 12.5. The summed E-state index contributed by atoms with van der Waals surface area (Å²) in [6, 6.07) is 6.26. The molecule has 1 aromatic carbocycles. The molecule has 1 aromatic rings. The van der Waals surface area contributed by atoms with Crippen LogP contribution >= 0.6 is 0 Å². The molecule has 160 valence electrons. The first-order chi connectivity index (χ1) is 13.8. The van der Waals surface area contributed by atoms with Crippen molar-refractivity contribution >= 4 is 27.5 Å². The maximum atomic E-state index is 12.5. The van der Waals surface area contributed by atoms with E-state index in [9.17, 15) is 18.0 Å². The molecule has 0 spiro atoms. The van der Waals surface area contributed by atoms with Crippen LogP contribution in [0.3, 0.4) is 0 Å². The number of carbonyl (C=O) groups is 2. The van der Waals surface area contributed by atoms with Gasteiger partial charge in [0.15, 0.2) is 0 Å². The van der Waals surface area contributed by atoms with Gasteiger partial charge in [-0.05, 0) is 57.0 Å². The molecule has 0 bridgehead atoms. The fourth-order valence-electron chi connectivity index (χ4n) is 3.88. The number of nitrogens with one attached hydrogen (secondary N) is 1. The predicted octanol–water partition coefficient (Wildman–Crippen LogP) is 1.21. The van der Waals surface area contributed by atoms with Gasteiger partial charge in [0.05, 0.1) is 11.4 Å². The van der Waals surface area contributed by atoms with Crippen LogP contribution in [0.5, 0.6) is 0 Å². The zero-order chi connectivity index (χ0) is 21.0. The molecule has 1 N–H and O–H groups in total. The van der Waals surface area contributed by atoms with Gasteiger partial charge in [-0.2, -0.15) is 0 Å². The highest BCUT2D eigenvalue weighted by molar-refractivity contribution is 7.89. The summed E-state index contributed by atoms with van der Waals surface area (Å²) in [6.45, 7) is 3.42. The molecule has 2 heterocycles. The molecule has 3 rings (SSSR count). The number of piperidine rings is 1. The largest absolute Gasteiger partial charge is 0.342 e. The fraction of sp³-hybridized carbons (Fsp3) is 0.600. The Labute approximate surface area is 172 Å². The van der Waals surface area contributed by atoms with Gasteiger partial charge in [0.25, 0.3) is 0 Å². The van der Waals surface area contributed by atoms with Crippen LogP contribution in [0, 0.1) is 5.92 Å². The Kier molecular flexibility index (Phi) is 6.92. The summed E-state index contributed by atoms with van der Waals surface area (Å²) in [7, 11) is -0.606. The molecule has 0 radical (unpaired) electrons. The summed E-state index contributed by atoms with van der Waals surface area (Å²) < 4.78 is 25.6. The van der Waals surface area contributed by atoms with Crippen molar-refractivity contribution in [3.8, 4) is 0 Å². The number of hydrogen-bond donors (Lipinski definition) is 1. The van der Waals surface area contributed by atoms with E-state index in [1.165, 1.54) is 26.2 Å². The van der Waals surface area contributed by atoms with Crippen molar-refractivity contribution in [2.45, 2.75) is 30.6 Å². The van der Waals surface area contributed by atoms with Crippen molar-refractivity contribution in [3.63, 3.8) is 0 Å². The van der Waals surface area contributed by atoms with Crippen LogP contribution in [0.4, 0.5) is 5.69 Å². The van der Waals surface area contributed by atoms with Crippen LogP contribution in [-0.2, 0) is 19.6 Å². The topological polar surface area (TPSA) is 90.0 Å². The minimum absolute atomic E-state index is 0.0698. The Morgan fingerprint density at radius 1 is 1.10 bits per heavy atom. The number of carbonyl (C=O) groups excluding carboxylic acids is 2. The highest BCUT2D eigenvalue weighted by Gasteiger charge is 2.30. The molecule has 29 heavy (non-hydrogen) atoms. The third kappa shape index (κ3) is 5.34. The van der Waals surface area contributed by atoms with E-state index in [1.807, 2.05) is 9.80 Å². The number of amides is 2. The highest BCUT2D eigenvalue weighted by Crippen LogP contribution is 2.22. The second-order valence-corrected chi connectivity index (χ2v) is 10.1. The van der Waals surface area contributed by atoms with Crippen molar-refractivity contribution in [3.05, 3.63) is 24.3 Å². The molecule has 8 nitrogen and oxygen atoms in total. The fourth-order valence-corrected chi connectivity index (χ4v) is 4.83. The summed E-state index contributed by atoms with van der Waals surface area (Å²) in [5, 5.41) is 2.78. The molecule has 2 saturated heterocycles. The first-order valence-corrected chi connectivity index (χ1v) is 11.5. The summed E-state index contributed by atoms with van der Waals surface area (Å²) in [5.41, 5.74) is 0.456. The van der Waals surface area contributed by atoms with E-state index >= 15 is 0 Å². The van der Waals surface area contributed by atoms with E-state index in [1.54, 1.807) is 12.1 Å². The van der Waals surface area contributed by atoms with Gasteiger partial charge in [-0.25, -0.2) is 12.7 Å². The van der Waals surface area contributed by atoms with E-state index in [-0.39, 0.29) is 29.2 Å². The van der Waals surface area contributed by atoms with Crippen molar-refractivity contribution in [1.82, 2.24) is 14.1 Å². The number of nitrogens with zero attached hydrogens (tertiary/aromatic N) is 3. The number of hydrogen-bond acceptors (Lipinski definition) is 5. The molecular formula is C20H30N4O4S. The summed E-state index contributed by atoms with van der Waals surface area (Å²) in [6.07, 6.45) is 3.75. The molecule has 2 fully saturated rings. The first kappa shape index (κ1) is 21.7. The Bertz CT molecular complexity index is 842. The molecule has 0 aliphatic carbocycles. The Hall–Kier alpha value is -1.97. The van der Waals surface area contributed by atoms with Crippen molar-refractivity contribution < 1.29 is 18.0 Å². The SMILES string of the molecule is CN(C)S(=O)(=O)c1cccc(NC(=O)CN2CCC(C(=O)N3CCCC3)CC2)c1. The van der Waals surface area contributed by atoms with Crippen LogP contribution in [-0.4, -0.2) is 81.2 Å². The normalized spacial score (nSPS) is 18.9. The second-order valence-electron chi connectivity index (χ2n) is 7.95. The Morgan fingerprint density at radius 2 is 1.76 bits per heavy atom. The van der Waals surface area contributed by atoms with E-state index in [2.05, 4.69) is 5.32 Å². The zero-order valence-electron chi connectivity index (χ0n) is 17.1. The van der Waals surface area contributed by atoms with Gasteiger partial charge in [-0.3, -0.25) is 14.5 Å². The van der Waals surface area contributed by atoms with E-state index in [0.29, 0.717) is 18.8 Å². The van der Waals surface area contributed by atoms with Crippen molar-refractivity contribution in [2.24, 2.45) is 5.92 Å². The smallest absolute Gasteiger partial charge is 0.242 e. The quantitative estimate of drug-likeness (QED) is 0.744. The molecular weight excluding hydrogens is 392 g/mol. The van der Waals surface area contributed by atoms with Gasteiger partial charge in [0.2, 0.25) is 21.8 Å². The van der Waals surface area contributed by atoms with Gasteiger partial charge in [0.1, 0.15) is 0 Å². The van der Waals surface area contributed by atoms with Crippen LogP contribution < -0.4 is 5.32 Å². The summed E-state index contributed by atoms with van der Waals surface area (Å²) in [5.74, 6) is 0.152. The lowest BCUT2D eigenvalue weighted by molar-refractivity contribution is -0.136. The van der Waals surface area contributed by atoms with Gasteiger partial charge < -0.3 is 10.2 Å². The average molecular weight is 423 g/mol. The minimum Gasteiger partial charge on any atom is -0.342 e. The molecule has 2 amide bonds. The second kappa shape index (κ2) is 9.23. The number of sulfonamides is 1. The van der Waals surface area contributed by atoms with E-state index in [4.69, 9.17) is 0 Å². The lowest BCUT2D eigenvalue weighted by Crippen LogP contribution is -2.43. The molecule has 0 unspecified atom stereocenters. The molecule has 2 aliphatic heterocycles. The number of benzene rings is 1. The standard InChI is InChI=1S/C20H30N4O4S/c1-22(2)29(27,28)18-7-5-6-17(14-18)21-19(25)15-23-12-8-16(9-13-23)20(26)24-10-3-4-11-24/h5-7,14,16H,3-4,8-13,15H2,1-2H3,(H,21,25). The highest BCUT2D eigenvalue weighted by atomic mass is 32.2. The molecule has 0 saturated carbocycles. The van der Waals surface area contributed by atoms with Gasteiger partial charge in [0, 0.05) is 38.8 Å². The van der Waals surface area contributed by atoms with E-state index < -0.39 is 10.0 Å². The summed E-state index contributed by atoms with van der Waals surface area (Å²) >= 11 is 0. The third-order valence-electron chi connectivity index (χ3n) is 5.62. The van der Waals surface area contributed by atoms with Crippen molar-refractivity contribution in [1.29, 1.82) is 0 Å². The minimum atomic E-state index is -3.55. The Balaban J connectivity index is 1.50. The molecule has 2 aliphatic rings. The maximum Gasteiger partial charge on any atom is 0.242 e. The van der Waals surface area contributed by atoms with Gasteiger partial charge in [-0.1, -0.05) is 6.07 Å². The van der Waals surface area contributed by atoms with Crippen LogP contribution in [0.15, 0.2) is 29.2 Å². The number of rotatable bonds is 6. The average Bonchev–Trinajstić information content (AvgIpc) is 3.23. The van der Waals surface area contributed by atoms with Crippen LogP contribution in [0.1, 0.15) is 25.7 Å². The molecule has 0 atom stereocenters. The number of likely N-dealkylation sites (tertiary alicyclic amines) is 2. The van der Waals surface area contributed by atoms with Gasteiger partial charge >= 0.3 is 0 Å². The van der Waals surface area contributed by atoms with Crippen LogP contribution in [0.25, 0.3) is 0 Å². The van der Waals surface area contributed by atoms with Crippen LogP contribution in [0.2, 0.25) is 0 Å². The summed E-state index contributed by atoms with van der Waals surface area (Å²) in [4.78, 5) is 29.1. The molecule has 9 heteroatoms. The molecule has 0 aromatic heterocycles. The predicted molar refractivity (Wildman–Crippen MR) is 111 cm³/mol. The zero-order valence-corrected chi connectivity index (χ0v) is 18.0.